The molecule has 22 heavy (non-hydrogen) atoms. The molecule has 5 nitrogen and oxygen atoms in total. The van der Waals surface area contributed by atoms with E-state index in [2.05, 4.69) is 10.5 Å². The lowest BCUT2D eigenvalue weighted by Gasteiger charge is -2.10. The molecule has 0 bridgehead atoms. The predicted molar refractivity (Wildman–Crippen MR) is 83.7 cm³/mol. The van der Waals surface area contributed by atoms with Gasteiger partial charge in [0.25, 0.3) is 5.91 Å². The lowest BCUT2D eigenvalue weighted by atomic mass is 10.1. The standard InChI is InChI=1S/C16H17ClN2O3/c1-21-14-8-7-10(17)9-12(14)18-16(20)15-11-5-3-2-4-6-13(11)22-19-15/h7-9H,2-6H2,1H3,(H,18,20). The van der Waals surface area contributed by atoms with Crippen molar-refractivity contribution in [2.24, 2.45) is 0 Å². The molecule has 1 heterocycles. The minimum Gasteiger partial charge on any atom is -0.495 e. The van der Waals surface area contributed by atoms with Crippen LogP contribution >= 0.6 is 11.6 Å². The highest BCUT2D eigenvalue weighted by Crippen LogP contribution is 2.29. The first-order valence-electron chi connectivity index (χ1n) is 7.31. The zero-order valence-corrected chi connectivity index (χ0v) is 13.1. The Hall–Kier alpha value is -2.01. The van der Waals surface area contributed by atoms with Crippen LogP contribution < -0.4 is 10.1 Å². The van der Waals surface area contributed by atoms with Crippen molar-refractivity contribution in [3.8, 4) is 5.75 Å². The van der Waals surface area contributed by atoms with E-state index in [1.165, 1.54) is 0 Å². The second-order valence-corrected chi connectivity index (χ2v) is 5.73. The second-order valence-electron chi connectivity index (χ2n) is 5.29. The molecular weight excluding hydrogens is 304 g/mol. The maximum atomic E-state index is 12.5. The van der Waals surface area contributed by atoms with Crippen LogP contribution in [-0.4, -0.2) is 18.2 Å². The van der Waals surface area contributed by atoms with E-state index in [0.717, 1.165) is 43.4 Å². The van der Waals surface area contributed by atoms with Gasteiger partial charge in [0, 0.05) is 17.0 Å². The number of ether oxygens (including phenoxy) is 1. The number of benzene rings is 1. The molecule has 6 heteroatoms. The van der Waals surface area contributed by atoms with Gasteiger partial charge in [-0.1, -0.05) is 23.2 Å². The molecule has 0 aliphatic heterocycles. The fraction of sp³-hybridized carbons (Fsp3) is 0.375. The molecule has 0 saturated heterocycles. The van der Waals surface area contributed by atoms with E-state index in [0.29, 0.717) is 22.2 Å². The maximum Gasteiger partial charge on any atom is 0.278 e. The number of hydrogen-bond donors (Lipinski definition) is 1. The summed E-state index contributed by atoms with van der Waals surface area (Å²) in [4.78, 5) is 12.5. The Morgan fingerprint density at radius 2 is 2.14 bits per heavy atom. The number of anilines is 1. The van der Waals surface area contributed by atoms with Gasteiger partial charge in [-0.2, -0.15) is 0 Å². The van der Waals surface area contributed by atoms with Gasteiger partial charge in [0.2, 0.25) is 0 Å². The molecule has 2 aromatic rings. The summed E-state index contributed by atoms with van der Waals surface area (Å²) in [6.45, 7) is 0. The van der Waals surface area contributed by atoms with E-state index in [4.69, 9.17) is 20.9 Å². The topological polar surface area (TPSA) is 64.4 Å². The number of carbonyl (C=O) groups excluding carboxylic acids is 1. The van der Waals surface area contributed by atoms with Crippen molar-refractivity contribution in [1.29, 1.82) is 0 Å². The number of halogens is 1. The molecule has 0 atom stereocenters. The molecule has 0 spiro atoms. The number of rotatable bonds is 3. The maximum absolute atomic E-state index is 12.5. The van der Waals surface area contributed by atoms with E-state index in [1.807, 2.05) is 0 Å². The monoisotopic (exact) mass is 320 g/mol. The van der Waals surface area contributed by atoms with Crippen molar-refractivity contribution in [3.05, 3.63) is 40.2 Å². The van der Waals surface area contributed by atoms with Crippen molar-refractivity contribution in [2.75, 3.05) is 12.4 Å². The molecule has 1 N–H and O–H groups in total. The van der Waals surface area contributed by atoms with E-state index < -0.39 is 0 Å². The smallest absolute Gasteiger partial charge is 0.278 e. The van der Waals surface area contributed by atoms with Crippen LogP contribution in [0.4, 0.5) is 5.69 Å². The molecule has 0 fully saturated rings. The molecule has 1 aliphatic rings. The van der Waals surface area contributed by atoms with Crippen LogP contribution in [-0.2, 0) is 12.8 Å². The number of methoxy groups -OCH3 is 1. The van der Waals surface area contributed by atoms with Gasteiger partial charge in [-0.25, -0.2) is 0 Å². The lowest BCUT2D eigenvalue weighted by molar-refractivity contribution is 0.101. The molecule has 0 radical (unpaired) electrons. The summed E-state index contributed by atoms with van der Waals surface area (Å²) >= 11 is 5.98. The highest BCUT2D eigenvalue weighted by molar-refractivity contribution is 6.31. The number of fused-ring (bicyclic) bond motifs is 1. The Labute approximate surface area is 133 Å². The molecule has 3 rings (SSSR count). The Morgan fingerprint density at radius 3 is 2.95 bits per heavy atom. The van der Waals surface area contributed by atoms with E-state index in [1.54, 1.807) is 25.3 Å². The average Bonchev–Trinajstić information content (AvgIpc) is 2.77. The summed E-state index contributed by atoms with van der Waals surface area (Å²) in [7, 11) is 1.54. The van der Waals surface area contributed by atoms with Crippen LogP contribution in [0.5, 0.6) is 5.75 Å². The first kappa shape index (κ1) is 14.9. The minimum atomic E-state index is -0.299. The van der Waals surface area contributed by atoms with Gasteiger partial charge in [-0.3, -0.25) is 4.79 Å². The Morgan fingerprint density at radius 1 is 1.32 bits per heavy atom. The predicted octanol–water partition coefficient (Wildman–Crippen LogP) is 3.86. The number of aromatic nitrogens is 1. The zero-order valence-electron chi connectivity index (χ0n) is 12.3. The van der Waals surface area contributed by atoms with Gasteiger partial charge < -0.3 is 14.6 Å². The third kappa shape index (κ3) is 2.95. The van der Waals surface area contributed by atoms with E-state index in [-0.39, 0.29) is 5.91 Å². The summed E-state index contributed by atoms with van der Waals surface area (Å²) in [5.74, 6) is 1.08. The number of nitrogens with zero attached hydrogens (tertiary/aromatic N) is 1. The van der Waals surface area contributed by atoms with Crippen LogP contribution in [0.2, 0.25) is 5.02 Å². The van der Waals surface area contributed by atoms with Crippen molar-refractivity contribution in [1.82, 2.24) is 5.16 Å². The molecule has 116 valence electrons. The molecule has 0 saturated carbocycles. The van der Waals surface area contributed by atoms with Gasteiger partial charge in [0.1, 0.15) is 11.5 Å². The molecule has 0 unspecified atom stereocenters. The SMILES string of the molecule is COc1ccc(Cl)cc1NC(=O)c1noc2c1CCCCC2. The third-order valence-electron chi connectivity index (χ3n) is 3.82. The number of nitrogens with one attached hydrogen (secondary N) is 1. The Kier molecular flexibility index (Phi) is 4.34. The zero-order chi connectivity index (χ0) is 15.5. The van der Waals surface area contributed by atoms with Gasteiger partial charge in [0.05, 0.1) is 12.8 Å². The Balaban J connectivity index is 1.86. The summed E-state index contributed by atoms with van der Waals surface area (Å²) in [5, 5.41) is 7.28. The van der Waals surface area contributed by atoms with Gasteiger partial charge >= 0.3 is 0 Å². The summed E-state index contributed by atoms with van der Waals surface area (Å²) < 4.78 is 10.6. The summed E-state index contributed by atoms with van der Waals surface area (Å²) in [6.07, 6.45) is 4.94. The van der Waals surface area contributed by atoms with Gasteiger partial charge in [0.15, 0.2) is 5.69 Å². The molecular formula is C16H17ClN2O3. The van der Waals surface area contributed by atoms with Crippen LogP contribution in [0.1, 0.15) is 41.1 Å². The first-order chi connectivity index (χ1) is 10.7. The molecule has 1 aromatic heterocycles. The largest absolute Gasteiger partial charge is 0.495 e. The third-order valence-corrected chi connectivity index (χ3v) is 4.06. The van der Waals surface area contributed by atoms with Crippen LogP contribution in [0.15, 0.2) is 22.7 Å². The molecule has 1 amide bonds. The average molecular weight is 321 g/mol. The van der Waals surface area contributed by atoms with E-state index >= 15 is 0 Å². The first-order valence-corrected chi connectivity index (χ1v) is 7.69. The normalized spacial score (nSPS) is 14.1. The quantitative estimate of drug-likeness (QED) is 0.872. The van der Waals surface area contributed by atoms with Crippen molar-refractivity contribution in [2.45, 2.75) is 32.1 Å². The van der Waals surface area contributed by atoms with Crippen molar-refractivity contribution in [3.63, 3.8) is 0 Å². The van der Waals surface area contributed by atoms with Crippen LogP contribution in [0, 0.1) is 0 Å². The number of amides is 1. The Bertz CT molecular complexity index is 697. The van der Waals surface area contributed by atoms with Gasteiger partial charge in [-0.05, 0) is 37.5 Å². The van der Waals surface area contributed by atoms with Crippen LogP contribution in [0.25, 0.3) is 0 Å². The highest BCUT2D eigenvalue weighted by Gasteiger charge is 2.23. The molecule has 1 aromatic carbocycles. The highest BCUT2D eigenvalue weighted by atomic mass is 35.5. The lowest BCUT2D eigenvalue weighted by Crippen LogP contribution is -2.15. The fourth-order valence-electron chi connectivity index (χ4n) is 2.70. The summed E-state index contributed by atoms with van der Waals surface area (Å²) in [6, 6.07) is 5.07. The van der Waals surface area contributed by atoms with Crippen molar-refractivity contribution >= 4 is 23.2 Å². The second kappa shape index (κ2) is 6.40. The number of hydrogen-bond acceptors (Lipinski definition) is 4. The number of carbonyl (C=O) groups is 1. The summed E-state index contributed by atoms with van der Waals surface area (Å²) in [5.41, 5.74) is 1.81. The molecule has 1 aliphatic carbocycles. The van der Waals surface area contributed by atoms with Gasteiger partial charge in [-0.15, -0.1) is 0 Å². The van der Waals surface area contributed by atoms with E-state index in [9.17, 15) is 4.79 Å². The van der Waals surface area contributed by atoms with Crippen LogP contribution in [0.3, 0.4) is 0 Å². The minimum absolute atomic E-state index is 0.299. The number of aryl methyl sites for hydroxylation is 1. The van der Waals surface area contributed by atoms with Crippen molar-refractivity contribution < 1.29 is 14.1 Å². The fourth-order valence-corrected chi connectivity index (χ4v) is 2.87.